The molecule has 0 saturated carbocycles. The van der Waals surface area contributed by atoms with Crippen molar-refractivity contribution in [2.24, 2.45) is 0 Å². The van der Waals surface area contributed by atoms with Crippen LogP contribution < -0.4 is 9.47 Å². The Morgan fingerprint density at radius 3 is 1.41 bits per heavy atom. The maximum atomic E-state index is 6.09. The van der Waals surface area contributed by atoms with Gasteiger partial charge in [0.25, 0.3) is 0 Å². The van der Waals surface area contributed by atoms with Crippen LogP contribution >= 0.6 is 0 Å². The summed E-state index contributed by atoms with van der Waals surface area (Å²) in [5, 5.41) is 0. The highest BCUT2D eigenvalue weighted by atomic mass is 16.5. The van der Waals surface area contributed by atoms with Gasteiger partial charge in [-0.1, -0.05) is 92.3 Å². The second-order valence-electron chi connectivity index (χ2n) is 11.5. The second-order valence-corrected chi connectivity index (χ2v) is 11.5. The third-order valence-electron chi connectivity index (χ3n) is 6.39. The van der Waals surface area contributed by atoms with E-state index in [1.165, 1.54) is 33.4 Å². The van der Waals surface area contributed by atoms with Gasteiger partial charge in [0.1, 0.15) is 24.7 Å². The van der Waals surface area contributed by atoms with Gasteiger partial charge in [0.15, 0.2) is 0 Å². The van der Waals surface area contributed by atoms with Gasteiger partial charge in [-0.05, 0) is 76.6 Å². The molecule has 186 valence electrons. The summed E-state index contributed by atoms with van der Waals surface area (Å²) in [6.07, 6.45) is 5.82. The van der Waals surface area contributed by atoms with E-state index in [0.717, 1.165) is 24.3 Å². The molecule has 0 aliphatic heterocycles. The standard InChI is InChI=1S/C32H46O2/c1-12-15-24(25-20-27(31(6,7)8)29(18-22(25)4)33-16-13-2)26-21-28(32(9,10)11)30(19-23(26)5)34-17-14-3/h13-14,18-21,24H,2-3,12,15-17H2,1,4-11H3. The molecule has 2 aromatic carbocycles. The Labute approximate surface area is 209 Å². The molecule has 0 atom stereocenters. The summed E-state index contributed by atoms with van der Waals surface area (Å²) in [5.74, 6) is 2.24. The smallest absolute Gasteiger partial charge is 0.123 e. The third-order valence-corrected chi connectivity index (χ3v) is 6.39. The van der Waals surface area contributed by atoms with Crippen LogP contribution in [0.4, 0.5) is 0 Å². The molecule has 2 heteroatoms. The summed E-state index contributed by atoms with van der Waals surface area (Å²) >= 11 is 0. The predicted octanol–water partition coefficient (Wildman–Crippen LogP) is 8.96. The summed E-state index contributed by atoms with van der Waals surface area (Å²) in [7, 11) is 0. The van der Waals surface area contributed by atoms with Crippen LogP contribution in [0.5, 0.6) is 11.5 Å². The van der Waals surface area contributed by atoms with Gasteiger partial charge in [-0.25, -0.2) is 0 Å². The maximum Gasteiger partial charge on any atom is 0.123 e. The number of hydrogen-bond acceptors (Lipinski definition) is 2. The molecule has 0 N–H and O–H groups in total. The van der Waals surface area contributed by atoms with Gasteiger partial charge in [0.05, 0.1) is 0 Å². The molecule has 0 aliphatic rings. The van der Waals surface area contributed by atoms with E-state index in [-0.39, 0.29) is 10.8 Å². The molecular weight excluding hydrogens is 416 g/mol. The molecule has 0 saturated heterocycles. The lowest BCUT2D eigenvalue weighted by molar-refractivity contribution is 0.350. The quantitative estimate of drug-likeness (QED) is 0.328. The number of aryl methyl sites for hydroxylation is 2. The number of benzene rings is 2. The molecule has 0 aromatic heterocycles. The van der Waals surface area contributed by atoms with Crippen LogP contribution in [0.25, 0.3) is 0 Å². The molecule has 0 radical (unpaired) electrons. The van der Waals surface area contributed by atoms with E-state index < -0.39 is 0 Å². The summed E-state index contributed by atoms with van der Waals surface area (Å²) in [6, 6.07) is 9.24. The average molecular weight is 463 g/mol. The minimum Gasteiger partial charge on any atom is -0.489 e. The highest BCUT2D eigenvalue weighted by Gasteiger charge is 2.27. The molecule has 0 spiro atoms. The van der Waals surface area contributed by atoms with Crippen molar-refractivity contribution in [2.45, 2.75) is 91.9 Å². The molecule has 0 unspecified atom stereocenters. The van der Waals surface area contributed by atoms with Crippen molar-refractivity contribution in [1.82, 2.24) is 0 Å². The summed E-state index contributed by atoms with van der Waals surface area (Å²) < 4.78 is 12.2. The fraction of sp³-hybridized carbons (Fsp3) is 0.500. The summed E-state index contributed by atoms with van der Waals surface area (Å²) in [5.41, 5.74) is 7.77. The average Bonchev–Trinajstić information content (AvgIpc) is 2.73. The molecule has 2 aromatic rings. The van der Waals surface area contributed by atoms with Crippen molar-refractivity contribution >= 4 is 0 Å². The molecule has 0 heterocycles. The van der Waals surface area contributed by atoms with Crippen molar-refractivity contribution in [2.75, 3.05) is 13.2 Å². The van der Waals surface area contributed by atoms with Gasteiger partial charge in [-0.3, -0.25) is 0 Å². The van der Waals surface area contributed by atoms with Gasteiger partial charge in [-0.15, -0.1) is 0 Å². The lowest BCUT2D eigenvalue weighted by atomic mass is 9.76. The molecule has 0 aliphatic carbocycles. The predicted molar refractivity (Wildman–Crippen MR) is 148 cm³/mol. The lowest BCUT2D eigenvalue weighted by Gasteiger charge is -2.30. The first-order valence-electron chi connectivity index (χ1n) is 12.6. The number of rotatable bonds is 10. The van der Waals surface area contributed by atoms with E-state index >= 15 is 0 Å². The largest absolute Gasteiger partial charge is 0.489 e. The normalized spacial score (nSPS) is 12.1. The lowest BCUT2D eigenvalue weighted by Crippen LogP contribution is -2.18. The van der Waals surface area contributed by atoms with E-state index in [1.807, 2.05) is 12.2 Å². The Morgan fingerprint density at radius 1 is 0.735 bits per heavy atom. The first-order valence-corrected chi connectivity index (χ1v) is 12.6. The Kier molecular flexibility index (Phi) is 9.22. The van der Waals surface area contributed by atoms with Crippen molar-refractivity contribution in [3.8, 4) is 11.5 Å². The molecule has 34 heavy (non-hydrogen) atoms. The number of hydrogen-bond donors (Lipinski definition) is 0. The fourth-order valence-corrected chi connectivity index (χ4v) is 4.62. The van der Waals surface area contributed by atoms with Gasteiger partial charge < -0.3 is 9.47 Å². The van der Waals surface area contributed by atoms with E-state index in [9.17, 15) is 0 Å². The Bertz CT molecular complexity index is 920. The van der Waals surface area contributed by atoms with Crippen LogP contribution in [0.1, 0.15) is 101 Å². The fourth-order valence-electron chi connectivity index (χ4n) is 4.62. The first-order chi connectivity index (χ1) is 15.8. The van der Waals surface area contributed by atoms with Crippen molar-refractivity contribution in [1.29, 1.82) is 0 Å². The van der Waals surface area contributed by atoms with E-state index in [4.69, 9.17) is 9.47 Å². The van der Waals surface area contributed by atoms with Crippen LogP contribution in [-0.2, 0) is 10.8 Å². The van der Waals surface area contributed by atoms with Gasteiger partial charge >= 0.3 is 0 Å². The van der Waals surface area contributed by atoms with E-state index in [1.54, 1.807) is 0 Å². The van der Waals surface area contributed by atoms with Crippen molar-refractivity contribution in [3.63, 3.8) is 0 Å². The highest BCUT2D eigenvalue weighted by Crippen LogP contribution is 2.43. The van der Waals surface area contributed by atoms with E-state index in [0.29, 0.717) is 19.1 Å². The van der Waals surface area contributed by atoms with Crippen LogP contribution in [0.15, 0.2) is 49.6 Å². The summed E-state index contributed by atoms with van der Waals surface area (Å²) in [4.78, 5) is 0. The molecule has 0 fully saturated rings. The Balaban J connectivity index is 2.75. The molecular formula is C32H46O2. The Hall–Kier alpha value is -2.48. The maximum absolute atomic E-state index is 6.09. The first kappa shape index (κ1) is 27.8. The minimum absolute atomic E-state index is 0.0241. The monoisotopic (exact) mass is 462 g/mol. The zero-order valence-corrected chi connectivity index (χ0v) is 23.1. The Morgan fingerprint density at radius 2 is 1.12 bits per heavy atom. The topological polar surface area (TPSA) is 18.5 Å². The van der Waals surface area contributed by atoms with Crippen molar-refractivity contribution in [3.05, 3.63) is 83.0 Å². The SMILES string of the molecule is C=CCOc1cc(C)c(C(CCC)c2cc(C(C)(C)C)c(OCC=C)cc2C)cc1C(C)(C)C. The van der Waals surface area contributed by atoms with Crippen molar-refractivity contribution < 1.29 is 9.47 Å². The second kappa shape index (κ2) is 11.3. The molecule has 0 bridgehead atoms. The highest BCUT2D eigenvalue weighted by molar-refractivity contribution is 5.53. The van der Waals surface area contributed by atoms with Gasteiger partial charge in [0.2, 0.25) is 0 Å². The van der Waals surface area contributed by atoms with E-state index in [2.05, 4.69) is 99.7 Å². The third kappa shape index (κ3) is 6.56. The zero-order valence-electron chi connectivity index (χ0n) is 23.1. The van der Waals surface area contributed by atoms with Crippen LogP contribution in [-0.4, -0.2) is 13.2 Å². The zero-order chi connectivity index (χ0) is 25.7. The van der Waals surface area contributed by atoms with Gasteiger partial charge in [0, 0.05) is 5.92 Å². The van der Waals surface area contributed by atoms with Crippen LogP contribution in [0.2, 0.25) is 0 Å². The van der Waals surface area contributed by atoms with Gasteiger partial charge in [-0.2, -0.15) is 0 Å². The molecule has 0 amide bonds. The minimum atomic E-state index is -0.0241. The number of ether oxygens (including phenoxy) is 2. The molecule has 2 rings (SSSR count). The molecule has 2 nitrogen and oxygen atoms in total. The van der Waals surface area contributed by atoms with Crippen LogP contribution in [0, 0.1) is 13.8 Å². The van der Waals surface area contributed by atoms with Crippen LogP contribution in [0.3, 0.4) is 0 Å². The summed E-state index contributed by atoms with van der Waals surface area (Å²) in [6.45, 7) is 28.9.